The van der Waals surface area contributed by atoms with Crippen molar-refractivity contribution in [3.63, 3.8) is 0 Å². The highest BCUT2D eigenvalue weighted by atomic mass is 32.1. The second-order valence-electron chi connectivity index (χ2n) is 4.49. The first-order valence-corrected chi connectivity index (χ1v) is 7.49. The van der Waals surface area contributed by atoms with E-state index in [2.05, 4.69) is 15.3 Å². The predicted molar refractivity (Wildman–Crippen MR) is 90.1 cm³/mol. The first-order chi connectivity index (χ1) is 9.72. The molecule has 0 saturated carbocycles. The molecule has 0 spiro atoms. The summed E-state index contributed by atoms with van der Waals surface area (Å²) in [5, 5.41) is 5.95. The number of aromatic nitrogens is 2. The van der Waals surface area contributed by atoms with Crippen molar-refractivity contribution in [1.29, 1.82) is 0 Å². The van der Waals surface area contributed by atoms with Gasteiger partial charge in [-0.25, -0.2) is 0 Å². The molecule has 0 bridgehead atoms. The number of aromatic amines is 2. The van der Waals surface area contributed by atoms with Gasteiger partial charge in [0.15, 0.2) is 3.95 Å². The van der Waals surface area contributed by atoms with E-state index in [9.17, 15) is 4.79 Å². The minimum atomic E-state index is -0.0145. The SMILES string of the molecule is C.O=C(Cc1csc(=S)[nH]1)NCc1c[nH]c2ccccc12. The van der Waals surface area contributed by atoms with Gasteiger partial charge in [0.1, 0.15) is 0 Å². The van der Waals surface area contributed by atoms with Gasteiger partial charge >= 0.3 is 0 Å². The van der Waals surface area contributed by atoms with E-state index in [1.807, 2.05) is 35.8 Å². The smallest absolute Gasteiger partial charge is 0.226 e. The fourth-order valence-electron chi connectivity index (χ4n) is 2.11. The number of hydrogen-bond donors (Lipinski definition) is 3. The Hall–Kier alpha value is -1.92. The summed E-state index contributed by atoms with van der Waals surface area (Å²) < 4.78 is 0.699. The minimum absolute atomic E-state index is 0. The molecular formula is C15H17N3OS2. The highest BCUT2D eigenvalue weighted by molar-refractivity contribution is 7.73. The molecule has 3 aromatic rings. The van der Waals surface area contributed by atoms with E-state index in [1.165, 1.54) is 11.3 Å². The molecule has 0 saturated heterocycles. The number of carbonyl (C=O) groups is 1. The first kappa shape index (κ1) is 15.5. The Bertz CT molecular complexity index is 800. The zero-order valence-electron chi connectivity index (χ0n) is 10.6. The Morgan fingerprint density at radius 1 is 1.33 bits per heavy atom. The number of nitrogens with one attached hydrogen (secondary N) is 3. The number of H-pyrrole nitrogens is 2. The van der Waals surface area contributed by atoms with E-state index in [-0.39, 0.29) is 13.3 Å². The van der Waals surface area contributed by atoms with E-state index < -0.39 is 0 Å². The summed E-state index contributed by atoms with van der Waals surface area (Å²) in [4.78, 5) is 18.1. The van der Waals surface area contributed by atoms with Crippen LogP contribution < -0.4 is 5.32 Å². The van der Waals surface area contributed by atoms with E-state index in [0.717, 1.165) is 22.2 Å². The number of fused-ring (bicyclic) bond motifs is 1. The molecule has 4 nitrogen and oxygen atoms in total. The van der Waals surface area contributed by atoms with Crippen LogP contribution in [0.15, 0.2) is 35.8 Å². The maximum Gasteiger partial charge on any atom is 0.226 e. The van der Waals surface area contributed by atoms with Crippen LogP contribution in [-0.4, -0.2) is 15.9 Å². The molecule has 0 aliphatic heterocycles. The molecule has 0 radical (unpaired) electrons. The van der Waals surface area contributed by atoms with Crippen molar-refractivity contribution in [3.8, 4) is 0 Å². The molecule has 2 aromatic heterocycles. The van der Waals surface area contributed by atoms with Crippen LogP contribution in [0.3, 0.4) is 0 Å². The Morgan fingerprint density at radius 2 is 2.14 bits per heavy atom. The monoisotopic (exact) mass is 319 g/mol. The Balaban J connectivity index is 0.00000161. The number of hydrogen-bond acceptors (Lipinski definition) is 3. The Morgan fingerprint density at radius 3 is 2.90 bits per heavy atom. The summed E-state index contributed by atoms with van der Waals surface area (Å²) in [6.07, 6.45) is 2.26. The van der Waals surface area contributed by atoms with Crippen LogP contribution in [0.5, 0.6) is 0 Å². The molecular weight excluding hydrogens is 302 g/mol. The summed E-state index contributed by atoms with van der Waals surface area (Å²) in [5.41, 5.74) is 3.03. The topological polar surface area (TPSA) is 60.7 Å². The molecule has 0 unspecified atom stereocenters. The summed E-state index contributed by atoms with van der Waals surface area (Å²) in [6, 6.07) is 8.04. The van der Waals surface area contributed by atoms with E-state index >= 15 is 0 Å². The van der Waals surface area contributed by atoms with Crippen molar-refractivity contribution in [2.24, 2.45) is 0 Å². The van der Waals surface area contributed by atoms with Crippen LogP contribution in [0.1, 0.15) is 18.7 Å². The zero-order chi connectivity index (χ0) is 13.9. The molecule has 1 aromatic carbocycles. The fourth-order valence-corrected chi connectivity index (χ4v) is 2.96. The summed E-state index contributed by atoms with van der Waals surface area (Å²) in [6.45, 7) is 0.522. The van der Waals surface area contributed by atoms with Gasteiger partial charge in [-0.15, -0.1) is 11.3 Å². The zero-order valence-corrected chi connectivity index (χ0v) is 12.2. The van der Waals surface area contributed by atoms with Crippen LogP contribution in [0.25, 0.3) is 10.9 Å². The standard InChI is InChI=1S/C14H13N3OS2.CH4/c18-13(5-10-8-20-14(19)17-10)16-7-9-6-15-12-4-2-1-3-11(9)12;/h1-4,6,8,15H,5,7H2,(H,16,18)(H,17,19);1H4. The van der Waals surface area contributed by atoms with Crippen molar-refractivity contribution >= 4 is 40.4 Å². The molecule has 0 fully saturated rings. The Kier molecular flexibility index (Phi) is 4.93. The second kappa shape index (κ2) is 6.69. The largest absolute Gasteiger partial charge is 0.361 e. The highest BCUT2D eigenvalue weighted by Crippen LogP contribution is 2.17. The molecule has 110 valence electrons. The molecule has 3 rings (SSSR count). The third-order valence-corrected chi connectivity index (χ3v) is 4.18. The van der Waals surface area contributed by atoms with Gasteiger partial charge < -0.3 is 15.3 Å². The van der Waals surface area contributed by atoms with Gasteiger partial charge in [-0.3, -0.25) is 4.79 Å². The van der Waals surface area contributed by atoms with Gasteiger partial charge in [-0.1, -0.05) is 25.6 Å². The van der Waals surface area contributed by atoms with Gasteiger partial charge in [-0.2, -0.15) is 0 Å². The Labute approximate surface area is 132 Å². The molecule has 2 heterocycles. The van der Waals surface area contributed by atoms with Gasteiger partial charge in [0.25, 0.3) is 0 Å². The quantitative estimate of drug-likeness (QED) is 0.641. The number of amides is 1. The van der Waals surface area contributed by atoms with Crippen LogP contribution in [0, 0.1) is 3.95 Å². The van der Waals surface area contributed by atoms with E-state index in [0.29, 0.717) is 16.9 Å². The first-order valence-electron chi connectivity index (χ1n) is 6.21. The predicted octanol–water partition coefficient (Wildman–Crippen LogP) is 3.78. The molecule has 0 aliphatic rings. The number of rotatable bonds is 4. The van der Waals surface area contributed by atoms with Gasteiger partial charge in [0.05, 0.1) is 6.42 Å². The van der Waals surface area contributed by atoms with Crippen molar-refractivity contribution < 1.29 is 4.79 Å². The average Bonchev–Trinajstić information content (AvgIpc) is 3.03. The van der Waals surface area contributed by atoms with E-state index in [4.69, 9.17) is 12.2 Å². The second-order valence-corrected chi connectivity index (χ2v) is 6.03. The maximum absolute atomic E-state index is 11.9. The normalized spacial score (nSPS) is 10.3. The maximum atomic E-state index is 11.9. The fraction of sp³-hybridized carbons (Fsp3) is 0.200. The van der Waals surface area contributed by atoms with Crippen molar-refractivity contribution in [2.75, 3.05) is 0 Å². The molecule has 6 heteroatoms. The molecule has 1 amide bonds. The molecule has 21 heavy (non-hydrogen) atoms. The van der Waals surface area contributed by atoms with Gasteiger partial charge in [-0.05, 0) is 23.8 Å². The van der Waals surface area contributed by atoms with Gasteiger partial charge in [0, 0.05) is 34.7 Å². The summed E-state index contributed by atoms with van der Waals surface area (Å²) >= 11 is 6.43. The van der Waals surface area contributed by atoms with Crippen LogP contribution >= 0.6 is 23.6 Å². The lowest BCUT2D eigenvalue weighted by Crippen LogP contribution is -2.24. The van der Waals surface area contributed by atoms with Crippen LogP contribution in [0.2, 0.25) is 0 Å². The van der Waals surface area contributed by atoms with E-state index in [1.54, 1.807) is 0 Å². The third kappa shape index (κ3) is 3.59. The third-order valence-electron chi connectivity index (χ3n) is 3.07. The summed E-state index contributed by atoms with van der Waals surface area (Å²) in [7, 11) is 0. The van der Waals surface area contributed by atoms with Gasteiger partial charge in [0.2, 0.25) is 5.91 Å². The average molecular weight is 319 g/mol. The molecule has 0 aliphatic carbocycles. The van der Waals surface area contributed by atoms with Crippen LogP contribution in [-0.2, 0) is 17.8 Å². The molecule has 0 atom stereocenters. The molecule has 3 N–H and O–H groups in total. The van der Waals surface area contributed by atoms with Crippen LogP contribution in [0.4, 0.5) is 0 Å². The van der Waals surface area contributed by atoms with Crippen molar-refractivity contribution in [3.05, 3.63) is 51.1 Å². The minimum Gasteiger partial charge on any atom is -0.361 e. The number of benzene rings is 1. The van der Waals surface area contributed by atoms with Crippen molar-refractivity contribution in [1.82, 2.24) is 15.3 Å². The lowest BCUT2D eigenvalue weighted by molar-refractivity contribution is -0.120. The lowest BCUT2D eigenvalue weighted by Gasteiger charge is -2.03. The summed E-state index contributed by atoms with van der Waals surface area (Å²) in [5.74, 6) is -0.0145. The lowest BCUT2D eigenvalue weighted by atomic mass is 10.2. The number of thiazole rings is 1. The number of para-hydroxylation sites is 1. The number of carbonyl (C=O) groups excluding carboxylic acids is 1. The van der Waals surface area contributed by atoms with Crippen molar-refractivity contribution in [2.45, 2.75) is 20.4 Å². The highest BCUT2D eigenvalue weighted by Gasteiger charge is 2.07.